The van der Waals surface area contributed by atoms with Crippen LogP contribution in [0.4, 0.5) is 5.69 Å². The number of pyridine rings is 1. The Morgan fingerprint density at radius 3 is 2.64 bits per heavy atom. The van der Waals surface area contributed by atoms with Crippen LogP contribution in [0.15, 0.2) is 53.6 Å². The van der Waals surface area contributed by atoms with Crippen LogP contribution in [0.2, 0.25) is 0 Å². The molecular weight excluding hydrogens is 352 g/mol. The molecule has 0 saturated heterocycles. The Hall–Kier alpha value is -3.41. The van der Waals surface area contributed by atoms with E-state index >= 15 is 0 Å². The molecule has 3 rings (SSSR count). The number of amides is 1. The molecule has 0 aliphatic carbocycles. The molecule has 0 aliphatic heterocycles. The number of aromatic hydroxyl groups is 1. The molecule has 1 heterocycles. The number of carbonyl (C=O) groups is 1. The second kappa shape index (κ2) is 8.52. The maximum atomic E-state index is 12.6. The average molecular weight is 376 g/mol. The summed E-state index contributed by atoms with van der Waals surface area (Å²) < 4.78 is 0. The predicted molar refractivity (Wildman–Crippen MR) is 113 cm³/mol. The second-order valence-corrected chi connectivity index (χ2v) is 6.44. The minimum Gasteiger partial charge on any atom is -0.507 e. The Morgan fingerprint density at radius 1 is 1.18 bits per heavy atom. The van der Waals surface area contributed by atoms with Gasteiger partial charge in [0.15, 0.2) is 0 Å². The van der Waals surface area contributed by atoms with Gasteiger partial charge in [-0.1, -0.05) is 18.2 Å². The summed E-state index contributed by atoms with van der Waals surface area (Å²) in [5.74, 6) is -0.204. The third-order valence-corrected chi connectivity index (χ3v) is 4.60. The highest BCUT2D eigenvalue weighted by atomic mass is 16.3. The van der Waals surface area contributed by atoms with Crippen molar-refractivity contribution in [3.63, 3.8) is 0 Å². The van der Waals surface area contributed by atoms with E-state index in [9.17, 15) is 9.90 Å². The Morgan fingerprint density at radius 2 is 1.93 bits per heavy atom. The fourth-order valence-corrected chi connectivity index (χ4v) is 3.14. The highest BCUT2D eigenvalue weighted by Crippen LogP contribution is 2.23. The molecule has 0 unspecified atom stereocenters. The summed E-state index contributed by atoms with van der Waals surface area (Å²) in [5.41, 5.74) is 6.06. The summed E-state index contributed by atoms with van der Waals surface area (Å²) in [6, 6.07) is 14.6. The van der Waals surface area contributed by atoms with Crippen LogP contribution in [0, 0.1) is 6.92 Å². The number of nitrogens with zero attached hydrogens (tertiary/aromatic N) is 3. The lowest BCUT2D eigenvalue weighted by Crippen LogP contribution is -2.21. The van der Waals surface area contributed by atoms with Crippen molar-refractivity contribution >= 4 is 28.7 Å². The topological polar surface area (TPSA) is 77.8 Å². The first-order valence-electron chi connectivity index (χ1n) is 9.31. The van der Waals surface area contributed by atoms with Crippen molar-refractivity contribution < 1.29 is 9.90 Å². The standard InChI is InChI=1S/C22H24N4O2/c1-4-26(5-2)17-11-10-16(21(27)13-17)14-23-25-22(28)19-12-15(3)24-20-9-7-6-8-18(19)20/h6-14,27H,4-5H2,1-3H3,(H,25,28)/b23-14+. The van der Waals surface area contributed by atoms with Crippen LogP contribution >= 0.6 is 0 Å². The molecule has 0 spiro atoms. The largest absolute Gasteiger partial charge is 0.507 e. The molecule has 0 bridgehead atoms. The maximum Gasteiger partial charge on any atom is 0.272 e. The van der Waals surface area contributed by atoms with Gasteiger partial charge in [-0.05, 0) is 45.0 Å². The number of para-hydroxylation sites is 1. The molecule has 28 heavy (non-hydrogen) atoms. The molecule has 3 aromatic rings. The summed E-state index contributed by atoms with van der Waals surface area (Å²) >= 11 is 0. The van der Waals surface area contributed by atoms with Crippen LogP contribution in [-0.2, 0) is 0 Å². The number of hydrogen-bond acceptors (Lipinski definition) is 5. The molecule has 1 amide bonds. The molecule has 0 radical (unpaired) electrons. The number of benzene rings is 2. The van der Waals surface area contributed by atoms with Gasteiger partial charge in [-0.15, -0.1) is 0 Å². The summed E-state index contributed by atoms with van der Waals surface area (Å²) in [7, 11) is 0. The lowest BCUT2D eigenvalue weighted by molar-refractivity contribution is 0.0956. The quantitative estimate of drug-likeness (QED) is 0.506. The molecule has 2 aromatic carbocycles. The summed E-state index contributed by atoms with van der Waals surface area (Å²) in [5, 5.41) is 15.0. The van der Waals surface area contributed by atoms with Crippen LogP contribution in [-0.4, -0.2) is 35.3 Å². The van der Waals surface area contributed by atoms with Crippen molar-refractivity contribution in [2.75, 3.05) is 18.0 Å². The Bertz CT molecular complexity index is 1030. The minimum atomic E-state index is -0.322. The SMILES string of the molecule is CCN(CC)c1ccc(/C=N/NC(=O)c2cc(C)nc3ccccc23)c(O)c1. The first kappa shape index (κ1) is 19.4. The molecule has 6 heteroatoms. The first-order valence-corrected chi connectivity index (χ1v) is 9.31. The van der Waals surface area contributed by atoms with E-state index in [1.54, 1.807) is 18.2 Å². The third kappa shape index (κ3) is 4.11. The average Bonchev–Trinajstić information content (AvgIpc) is 2.69. The van der Waals surface area contributed by atoms with Gasteiger partial charge in [0.25, 0.3) is 5.91 Å². The van der Waals surface area contributed by atoms with Crippen LogP contribution in [0.3, 0.4) is 0 Å². The molecule has 0 atom stereocenters. The smallest absolute Gasteiger partial charge is 0.272 e. The van der Waals surface area contributed by atoms with E-state index in [0.717, 1.165) is 35.4 Å². The number of phenols is 1. The number of nitrogens with one attached hydrogen (secondary N) is 1. The minimum absolute atomic E-state index is 0.118. The number of aromatic nitrogens is 1. The summed E-state index contributed by atoms with van der Waals surface area (Å²) in [4.78, 5) is 19.2. The number of fused-ring (bicyclic) bond motifs is 1. The second-order valence-electron chi connectivity index (χ2n) is 6.44. The molecule has 144 valence electrons. The monoisotopic (exact) mass is 376 g/mol. The van der Waals surface area contributed by atoms with Crippen molar-refractivity contribution in [1.29, 1.82) is 0 Å². The predicted octanol–water partition coefficient (Wildman–Crippen LogP) is 3.86. The third-order valence-electron chi connectivity index (χ3n) is 4.60. The number of aryl methyl sites for hydroxylation is 1. The van der Waals surface area contributed by atoms with Gasteiger partial charge in [0.1, 0.15) is 5.75 Å². The zero-order valence-electron chi connectivity index (χ0n) is 16.3. The molecule has 1 aromatic heterocycles. The van der Waals surface area contributed by atoms with Crippen LogP contribution in [0.5, 0.6) is 5.75 Å². The molecule has 6 nitrogen and oxygen atoms in total. The lowest BCUT2D eigenvalue weighted by Gasteiger charge is -2.21. The summed E-state index contributed by atoms with van der Waals surface area (Å²) in [6.07, 6.45) is 1.44. The van der Waals surface area contributed by atoms with E-state index in [1.165, 1.54) is 6.21 Å². The zero-order valence-corrected chi connectivity index (χ0v) is 16.3. The Labute approximate surface area is 164 Å². The molecule has 0 aliphatic rings. The van der Waals surface area contributed by atoms with Crippen LogP contribution < -0.4 is 10.3 Å². The van der Waals surface area contributed by atoms with Gasteiger partial charge in [0.2, 0.25) is 0 Å². The van der Waals surface area contributed by atoms with Crippen LogP contribution in [0.1, 0.15) is 35.5 Å². The van der Waals surface area contributed by atoms with Crippen molar-refractivity contribution in [1.82, 2.24) is 10.4 Å². The van der Waals surface area contributed by atoms with E-state index < -0.39 is 0 Å². The number of rotatable bonds is 6. The molecule has 0 fully saturated rings. The number of carbonyl (C=O) groups excluding carboxylic acids is 1. The molecule has 2 N–H and O–H groups in total. The molecule has 0 saturated carbocycles. The normalized spacial score (nSPS) is 11.1. The van der Waals surface area contributed by atoms with E-state index in [1.807, 2.05) is 37.3 Å². The lowest BCUT2D eigenvalue weighted by atomic mass is 10.1. The number of anilines is 1. The van der Waals surface area contributed by atoms with E-state index in [-0.39, 0.29) is 11.7 Å². The molecular formula is C22H24N4O2. The van der Waals surface area contributed by atoms with E-state index in [2.05, 4.69) is 34.3 Å². The van der Waals surface area contributed by atoms with Gasteiger partial charge < -0.3 is 10.0 Å². The maximum absolute atomic E-state index is 12.6. The van der Waals surface area contributed by atoms with Gasteiger partial charge in [0, 0.05) is 41.5 Å². The number of phenolic OH excluding ortho intramolecular Hbond substituents is 1. The zero-order chi connectivity index (χ0) is 20.1. The fourth-order valence-electron chi connectivity index (χ4n) is 3.14. The number of hydrogen-bond donors (Lipinski definition) is 2. The first-order chi connectivity index (χ1) is 13.5. The fraction of sp³-hybridized carbons (Fsp3) is 0.227. The van der Waals surface area contributed by atoms with Gasteiger partial charge >= 0.3 is 0 Å². The van der Waals surface area contributed by atoms with Gasteiger partial charge in [-0.2, -0.15) is 5.10 Å². The Kier molecular flexibility index (Phi) is 5.89. The van der Waals surface area contributed by atoms with Crippen molar-refractivity contribution in [2.45, 2.75) is 20.8 Å². The van der Waals surface area contributed by atoms with Crippen molar-refractivity contribution in [3.05, 3.63) is 65.4 Å². The number of hydrazone groups is 1. The highest BCUT2D eigenvalue weighted by Gasteiger charge is 2.11. The summed E-state index contributed by atoms with van der Waals surface area (Å²) in [6.45, 7) is 7.70. The van der Waals surface area contributed by atoms with E-state index in [4.69, 9.17) is 0 Å². The van der Waals surface area contributed by atoms with Gasteiger partial charge in [-0.25, -0.2) is 5.43 Å². The highest BCUT2D eigenvalue weighted by molar-refractivity contribution is 6.06. The van der Waals surface area contributed by atoms with Crippen LogP contribution in [0.25, 0.3) is 10.9 Å². The van der Waals surface area contributed by atoms with Gasteiger partial charge in [0.05, 0.1) is 17.3 Å². The van der Waals surface area contributed by atoms with Crippen molar-refractivity contribution in [3.8, 4) is 5.75 Å². The van der Waals surface area contributed by atoms with E-state index in [0.29, 0.717) is 11.1 Å². The van der Waals surface area contributed by atoms with Crippen molar-refractivity contribution in [2.24, 2.45) is 5.10 Å². The Balaban J connectivity index is 1.77. The van der Waals surface area contributed by atoms with Gasteiger partial charge in [-0.3, -0.25) is 9.78 Å².